The van der Waals surface area contributed by atoms with E-state index in [0.717, 1.165) is 18.8 Å². The monoisotopic (exact) mass is 420 g/mol. The van der Waals surface area contributed by atoms with Crippen molar-refractivity contribution in [3.05, 3.63) is 36.1 Å². The van der Waals surface area contributed by atoms with Gasteiger partial charge in [0.25, 0.3) is 0 Å². The molecule has 0 amide bonds. The van der Waals surface area contributed by atoms with Gasteiger partial charge in [-0.25, -0.2) is 13.2 Å². The summed E-state index contributed by atoms with van der Waals surface area (Å²) in [4.78, 5) is 0. The highest BCUT2D eigenvalue weighted by atomic mass is 19.3. The van der Waals surface area contributed by atoms with Crippen LogP contribution in [0.4, 0.5) is 22.0 Å². The molecule has 2 aliphatic rings. The fourth-order valence-corrected chi connectivity index (χ4v) is 4.97. The Hall–Kier alpha value is -1.33. The van der Waals surface area contributed by atoms with Crippen molar-refractivity contribution >= 4 is 0 Å². The normalized spacial score (nSPS) is 29.6. The van der Waals surface area contributed by atoms with Crippen molar-refractivity contribution in [1.29, 1.82) is 0 Å². The summed E-state index contributed by atoms with van der Waals surface area (Å²) < 4.78 is 72.3. The van der Waals surface area contributed by atoms with Gasteiger partial charge in [-0.2, -0.15) is 8.78 Å². The van der Waals surface area contributed by atoms with Gasteiger partial charge in [0.2, 0.25) is 0 Å². The first-order valence-electron chi connectivity index (χ1n) is 10.8. The topological polar surface area (TPSA) is 9.23 Å². The van der Waals surface area contributed by atoms with Crippen molar-refractivity contribution in [2.75, 3.05) is 6.67 Å². The first-order chi connectivity index (χ1) is 13.7. The summed E-state index contributed by atoms with van der Waals surface area (Å²) in [5, 5.41) is 0. The summed E-state index contributed by atoms with van der Waals surface area (Å²) in [7, 11) is 0. The molecular formula is C23H33F5O. The summed E-state index contributed by atoms with van der Waals surface area (Å²) >= 11 is 0. The minimum Gasteiger partial charge on any atom is -0.432 e. The van der Waals surface area contributed by atoms with Crippen LogP contribution in [0.1, 0.15) is 71.1 Å². The van der Waals surface area contributed by atoms with Gasteiger partial charge in [0.05, 0.1) is 5.92 Å². The van der Waals surface area contributed by atoms with Gasteiger partial charge in [0, 0.05) is 12.2 Å². The number of alkyl halides is 3. The van der Waals surface area contributed by atoms with Gasteiger partial charge < -0.3 is 4.74 Å². The van der Waals surface area contributed by atoms with Gasteiger partial charge in [-0.05, 0) is 56.3 Å². The van der Waals surface area contributed by atoms with Crippen molar-refractivity contribution in [3.8, 4) is 0 Å². The van der Waals surface area contributed by atoms with Crippen LogP contribution in [-0.2, 0) is 4.74 Å². The summed E-state index contributed by atoms with van der Waals surface area (Å²) in [5.74, 6) is -2.25. The van der Waals surface area contributed by atoms with Crippen molar-refractivity contribution in [2.45, 2.75) is 77.2 Å². The number of ether oxygens (including phenoxy) is 1. The van der Waals surface area contributed by atoms with Crippen LogP contribution < -0.4 is 0 Å². The molecule has 0 bridgehead atoms. The van der Waals surface area contributed by atoms with E-state index in [4.69, 9.17) is 0 Å². The molecule has 0 aromatic carbocycles. The van der Waals surface area contributed by atoms with Crippen molar-refractivity contribution in [1.82, 2.24) is 0 Å². The van der Waals surface area contributed by atoms with E-state index in [1.807, 2.05) is 0 Å². The molecule has 0 unspecified atom stereocenters. The first kappa shape index (κ1) is 23.9. The van der Waals surface area contributed by atoms with Gasteiger partial charge in [0.1, 0.15) is 24.1 Å². The van der Waals surface area contributed by atoms with Crippen molar-refractivity contribution in [2.24, 2.45) is 23.7 Å². The van der Waals surface area contributed by atoms with E-state index in [-0.39, 0.29) is 0 Å². The van der Waals surface area contributed by atoms with Crippen LogP contribution in [0, 0.1) is 23.7 Å². The minimum atomic E-state index is -3.57. The number of allylic oxidation sites excluding steroid dienone is 4. The second-order valence-corrected chi connectivity index (χ2v) is 8.56. The molecule has 2 saturated carbocycles. The van der Waals surface area contributed by atoms with E-state index >= 15 is 0 Å². The molecule has 1 nitrogen and oxygen atoms in total. The molecular weight excluding hydrogens is 387 g/mol. The Morgan fingerprint density at radius 3 is 2.00 bits per heavy atom. The van der Waals surface area contributed by atoms with E-state index in [1.54, 1.807) is 0 Å². The largest absolute Gasteiger partial charge is 0.432 e. The van der Waals surface area contributed by atoms with Gasteiger partial charge >= 0.3 is 6.11 Å². The van der Waals surface area contributed by atoms with Gasteiger partial charge in [-0.15, -0.1) is 0 Å². The second kappa shape index (κ2) is 11.2. The Bertz CT molecular complexity index is 582. The molecule has 2 aliphatic carbocycles. The number of hydrogen-bond acceptors (Lipinski definition) is 1. The third-order valence-corrected chi connectivity index (χ3v) is 6.48. The molecule has 29 heavy (non-hydrogen) atoms. The molecule has 0 aromatic rings. The molecule has 0 saturated heterocycles. The molecule has 6 heteroatoms. The maximum Gasteiger partial charge on any atom is 0.400 e. The Labute approximate surface area is 171 Å². The lowest BCUT2D eigenvalue weighted by atomic mass is 9.68. The van der Waals surface area contributed by atoms with Crippen LogP contribution >= 0.6 is 0 Å². The summed E-state index contributed by atoms with van der Waals surface area (Å²) in [6.07, 6.45) is 6.83. The molecule has 2 rings (SSSR count). The molecule has 166 valence electrons. The summed E-state index contributed by atoms with van der Waals surface area (Å²) in [6.45, 7) is 3.67. The Morgan fingerprint density at radius 1 is 0.966 bits per heavy atom. The molecule has 0 N–H and O–H groups in total. The lowest BCUT2D eigenvalue weighted by Gasteiger charge is -2.39. The lowest BCUT2D eigenvalue weighted by Crippen LogP contribution is -2.36. The van der Waals surface area contributed by atoms with E-state index in [1.165, 1.54) is 38.5 Å². The Morgan fingerprint density at radius 2 is 1.52 bits per heavy atom. The minimum absolute atomic E-state index is 0.311. The van der Waals surface area contributed by atoms with Crippen LogP contribution in [0.2, 0.25) is 0 Å². The van der Waals surface area contributed by atoms with E-state index in [9.17, 15) is 22.0 Å². The second-order valence-electron chi connectivity index (χ2n) is 8.56. The van der Waals surface area contributed by atoms with E-state index in [0.29, 0.717) is 36.8 Å². The van der Waals surface area contributed by atoms with E-state index < -0.39 is 36.1 Å². The molecule has 2 fully saturated rings. The quantitative estimate of drug-likeness (QED) is 0.207. The highest BCUT2D eigenvalue weighted by Crippen LogP contribution is 2.46. The maximum atomic E-state index is 14.6. The zero-order chi connectivity index (χ0) is 21.4. The predicted molar refractivity (Wildman–Crippen MR) is 105 cm³/mol. The highest BCUT2D eigenvalue weighted by Gasteiger charge is 2.45. The average Bonchev–Trinajstić information content (AvgIpc) is 2.68. The fourth-order valence-electron chi connectivity index (χ4n) is 4.97. The Balaban J connectivity index is 1.90. The fraction of sp³-hybridized carbons (Fsp3) is 0.739. The van der Waals surface area contributed by atoms with Gasteiger partial charge in [-0.1, -0.05) is 39.2 Å². The SMILES string of the molecule is C=C(F)/C=C(\C=C(\F)CF)OC(F)(F)C1CCC(C2CCC(CCC)CC2)CC1. The molecule has 0 atom stereocenters. The molecule has 0 aliphatic heterocycles. The third-order valence-electron chi connectivity index (χ3n) is 6.48. The predicted octanol–water partition coefficient (Wildman–Crippen LogP) is 8.20. The van der Waals surface area contributed by atoms with Crippen molar-refractivity contribution in [3.63, 3.8) is 0 Å². The molecule has 0 radical (unpaired) electrons. The summed E-state index contributed by atoms with van der Waals surface area (Å²) in [5.41, 5.74) is 0. The molecule has 0 aromatic heterocycles. The van der Waals surface area contributed by atoms with Crippen LogP contribution in [-0.4, -0.2) is 12.8 Å². The number of halogens is 5. The molecule has 0 spiro atoms. The first-order valence-corrected chi connectivity index (χ1v) is 10.8. The van der Waals surface area contributed by atoms with Crippen molar-refractivity contribution < 1.29 is 26.7 Å². The summed E-state index contributed by atoms with van der Waals surface area (Å²) in [6, 6.07) is 0. The smallest absolute Gasteiger partial charge is 0.400 e. The highest BCUT2D eigenvalue weighted by molar-refractivity contribution is 5.22. The van der Waals surface area contributed by atoms with Crippen LogP contribution in [0.15, 0.2) is 36.1 Å². The average molecular weight is 421 g/mol. The van der Waals surface area contributed by atoms with Gasteiger partial charge in [-0.3, -0.25) is 0 Å². The zero-order valence-corrected chi connectivity index (χ0v) is 17.2. The number of rotatable bonds is 9. The van der Waals surface area contributed by atoms with Gasteiger partial charge in [0.15, 0.2) is 0 Å². The van der Waals surface area contributed by atoms with Crippen LogP contribution in [0.3, 0.4) is 0 Å². The van der Waals surface area contributed by atoms with Crippen LogP contribution in [0.5, 0.6) is 0 Å². The zero-order valence-electron chi connectivity index (χ0n) is 17.2. The number of hydrogen-bond donors (Lipinski definition) is 0. The van der Waals surface area contributed by atoms with Crippen LogP contribution in [0.25, 0.3) is 0 Å². The maximum absolute atomic E-state index is 14.6. The Kier molecular flexibility index (Phi) is 9.22. The molecule has 0 heterocycles. The standard InChI is InChI=1S/C23H33F5O/c1-3-4-17-5-7-18(8-6-17)19-9-11-20(12-10-19)23(27,28)29-22(13-16(2)25)14-21(26)15-24/h13-14,17-20H,2-12,15H2,1H3/b21-14+,22-13+. The third kappa shape index (κ3) is 7.45. The van der Waals surface area contributed by atoms with E-state index in [2.05, 4.69) is 18.2 Å². The lowest BCUT2D eigenvalue weighted by molar-refractivity contribution is -0.254.